The number of amides is 1. The van der Waals surface area contributed by atoms with E-state index in [-0.39, 0.29) is 6.04 Å². The minimum atomic E-state index is -0.0105. The van der Waals surface area contributed by atoms with Gasteiger partial charge in [-0.1, -0.05) is 6.42 Å². The summed E-state index contributed by atoms with van der Waals surface area (Å²) in [4.78, 5) is 14.3. The monoisotopic (exact) mass is 238 g/mol. The van der Waals surface area contributed by atoms with Gasteiger partial charge in [-0.05, 0) is 51.9 Å². The van der Waals surface area contributed by atoms with Crippen LogP contribution in [0.2, 0.25) is 0 Å². The number of carbonyl (C=O) groups is 1. The lowest BCUT2D eigenvalue weighted by atomic mass is 9.80. The van der Waals surface area contributed by atoms with Crippen molar-refractivity contribution in [3.63, 3.8) is 0 Å². The molecule has 2 unspecified atom stereocenters. The normalized spacial score (nSPS) is 25.2. The van der Waals surface area contributed by atoms with Gasteiger partial charge in [-0.15, -0.1) is 0 Å². The fourth-order valence-electron chi connectivity index (χ4n) is 2.93. The highest BCUT2D eigenvalue weighted by Gasteiger charge is 2.28. The molecule has 3 heteroatoms. The molecule has 1 amide bonds. The minimum absolute atomic E-state index is 0.0105. The van der Waals surface area contributed by atoms with Crippen LogP contribution in [0.25, 0.3) is 0 Å². The summed E-state index contributed by atoms with van der Waals surface area (Å²) in [6.45, 7) is 6.17. The van der Waals surface area contributed by atoms with E-state index in [0.29, 0.717) is 11.9 Å². The molecule has 1 saturated carbocycles. The van der Waals surface area contributed by atoms with Crippen LogP contribution in [0.4, 0.5) is 0 Å². The second-order valence-electron chi connectivity index (χ2n) is 5.75. The largest absolute Gasteiger partial charge is 0.341 e. The molecule has 1 aliphatic carbocycles. The van der Waals surface area contributed by atoms with Crippen molar-refractivity contribution in [1.82, 2.24) is 10.2 Å². The van der Waals surface area contributed by atoms with Gasteiger partial charge in [0.25, 0.3) is 0 Å². The summed E-state index contributed by atoms with van der Waals surface area (Å²) in [5, 5.41) is 3.49. The van der Waals surface area contributed by atoms with Crippen LogP contribution in [-0.2, 0) is 4.79 Å². The van der Waals surface area contributed by atoms with Gasteiger partial charge in [0.1, 0.15) is 0 Å². The molecule has 0 aromatic carbocycles. The van der Waals surface area contributed by atoms with Crippen LogP contribution in [0.5, 0.6) is 0 Å². The predicted molar refractivity (Wildman–Crippen MR) is 69.8 cm³/mol. The van der Waals surface area contributed by atoms with E-state index in [9.17, 15) is 4.79 Å². The van der Waals surface area contributed by atoms with Crippen LogP contribution in [-0.4, -0.2) is 36.0 Å². The van der Waals surface area contributed by atoms with Crippen LogP contribution in [0.15, 0.2) is 0 Å². The van der Waals surface area contributed by atoms with E-state index >= 15 is 0 Å². The fourth-order valence-corrected chi connectivity index (χ4v) is 2.93. The standard InChI is InChI=1S/C14H26N2O/c1-11(13-7-6-8-13)15-12(2)14(17)16-9-4-3-5-10-16/h11-13,15H,3-10H2,1-2H3. The van der Waals surface area contributed by atoms with E-state index in [2.05, 4.69) is 12.2 Å². The molecule has 0 radical (unpaired) electrons. The van der Waals surface area contributed by atoms with Gasteiger partial charge in [0, 0.05) is 19.1 Å². The van der Waals surface area contributed by atoms with Crippen LogP contribution in [0.1, 0.15) is 52.4 Å². The Morgan fingerprint density at radius 1 is 1.12 bits per heavy atom. The molecule has 98 valence electrons. The van der Waals surface area contributed by atoms with E-state index in [4.69, 9.17) is 0 Å². The van der Waals surface area contributed by atoms with Gasteiger partial charge < -0.3 is 10.2 Å². The Balaban J connectivity index is 1.77. The molecule has 2 atom stereocenters. The van der Waals surface area contributed by atoms with Crippen LogP contribution < -0.4 is 5.32 Å². The van der Waals surface area contributed by atoms with Crippen molar-refractivity contribution in [2.75, 3.05) is 13.1 Å². The van der Waals surface area contributed by atoms with E-state index in [1.807, 2.05) is 11.8 Å². The van der Waals surface area contributed by atoms with Crippen molar-refractivity contribution in [3.8, 4) is 0 Å². The predicted octanol–water partition coefficient (Wildman–Crippen LogP) is 2.17. The number of likely N-dealkylation sites (tertiary alicyclic amines) is 1. The zero-order chi connectivity index (χ0) is 12.3. The first kappa shape index (κ1) is 12.9. The molecule has 1 heterocycles. The first-order valence-corrected chi connectivity index (χ1v) is 7.23. The van der Waals surface area contributed by atoms with Gasteiger partial charge in [-0.25, -0.2) is 0 Å². The first-order chi connectivity index (χ1) is 8.18. The lowest BCUT2D eigenvalue weighted by molar-refractivity contribution is -0.134. The number of hydrogen-bond acceptors (Lipinski definition) is 2. The molecule has 2 rings (SSSR count). The number of nitrogens with zero attached hydrogens (tertiary/aromatic N) is 1. The van der Waals surface area contributed by atoms with Gasteiger partial charge in [0.2, 0.25) is 5.91 Å². The smallest absolute Gasteiger partial charge is 0.239 e. The molecule has 1 N–H and O–H groups in total. The highest BCUT2D eigenvalue weighted by molar-refractivity contribution is 5.81. The van der Waals surface area contributed by atoms with E-state index in [0.717, 1.165) is 19.0 Å². The zero-order valence-corrected chi connectivity index (χ0v) is 11.2. The van der Waals surface area contributed by atoms with Crippen molar-refractivity contribution >= 4 is 5.91 Å². The second kappa shape index (κ2) is 5.85. The maximum Gasteiger partial charge on any atom is 0.239 e. The summed E-state index contributed by atoms with van der Waals surface area (Å²) in [7, 11) is 0. The average Bonchev–Trinajstić information content (AvgIpc) is 2.26. The Kier molecular flexibility index (Phi) is 4.43. The second-order valence-corrected chi connectivity index (χ2v) is 5.75. The topological polar surface area (TPSA) is 32.3 Å². The van der Waals surface area contributed by atoms with Crippen molar-refractivity contribution in [3.05, 3.63) is 0 Å². The summed E-state index contributed by atoms with van der Waals surface area (Å²) < 4.78 is 0. The summed E-state index contributed by atoms with van der Waals surface area (Å²) in [5.74, 6) is 1.10. The SMILES string of the molecule is CC(NC(C)C1CCC1)C(=O)N1CCCCC1. The van der Waals surface area contributed by atoms with Crippen molar-refractivity contribution < 1.29 is 4.79 Å². The summed E-state index contributed by atoms with van der Waals surface area (Å²) in [6.07, 6.45) is 7.67. The van der Waals surface area contributed by atoms with Crippen molar-refractivity contribution in [2.45, 2.75) is 64.5 Å². The number of nitrogens with one attached hydrogen (secondary N) is 1. The maximum atomic E-state index is 12.2. The third-order valence-corrected chi connectivity index (χ3v) is 4.41. The van der Waals surface area contributed by atoms with Gasteiger partial charge >= 0.3 is 0 Å². The molecule has 1 saturated heterocycles. The van der Waals surface area contributed by atoms with Crippen LogP contribution in [0, 0.1) is 5.92 Å². The molecular weight excluding hydrogens is 212 g/mol. The quantitative estimate of drug-likeness (QED) is 0.814. The molecule has 0 spiro atoms. The molecule has 17 heavy (non-hydrogen) atoms. The van der Waals surface area contributed by atoms with Gasteiger partial charge in [0.15, 0.2) is 0 Å². The number of hydrogen-bond donors (Lipinski definition) is 1. The fraction of sp³-hybridized carbons (Fsp3) is 0.929. The van der Waals surface area contributed by atoms with E-state index in [1.54, 1.807) is 0 Å². The Hall–Kier alpha value is -0.570. The number of carbonyl (C=O) groups excluding carboxylic acids is 1. The van der Waals surface area contributed by atoms with E-state index in [1.165, 1.54) is 38.5 Å². The molecule has 0 bridgehead atoms. The molecule has 0 aromatic heterocycles. The van der Waals surface area contributed by atoms with E-state index < -0.39 is 0 Å². The molecule has 3 nitrogen and oxygen atoms in total. The molecule has 2 aliphatic rings. The Morgan fingerprint density at radius 2 is 1.76 bits per heavy atom. The van der Waals surface area contributed by atoms with Gasteiger partial charge in [-0.3, -0.25) is 4.79 Å². The summed E-state index contributed by atoms with van der Waals surface area (Å²) in [6, 6.07) is 0.483. The number of rotatable bonds is 4. The van der Waals surface area contributed by atoms with Crippen molar-refractivity contribution in [2.24, 2.45) is 5.92 Å². The van der Waals surface area contributed by atoms with Crippen LogP contribution in [0.3, 0.4) is 0 Å². The summed E-state index contributed by atoms with van der Waals surface area (Å²) >= 11 is 0. The molecule has 0 aromatic rings. The van der Waals surface area contributed by atoms with Gasteiger partial charge in [-0.2, -0.15) is 0 Å². The number of piperidine rings is 1. The molecule has 2 fully saturated rings. The molecular formula is C14H26N2O. The Bertz CT molecular complexity index is 257. The summed E-state index contributed by atoms with van der Waals surface area (Å²) in [5.41, 5.74) is 0. The van der Waals surface area contributed by atoms with Crippen molar-refractivity contribution in [1.29, 1.82) is 0 Å². The first-order valence-electron chi connectivity index (χ1n) is 7.23. The lowest BCUT2D eigenvalue weighted by Crippen LogP contribution is -2.51. The highest BCUT2D eigenvalue weighted by Crippen LogP contribution is 2.29. The van der Waals surface area contributed by atoms with Gasteiger partial charge in [0.05, 0.1) is 6.04 Å². The maximum absolute atomic E-state index is 12.2. The third-order valence-electron chi connectivity index (χ3n) is 4.41. The average molecular weight is 238 g/mol. The third kappa shape index (κ3) is 3.21. The lowest BCUT2D eigenvalue weighted by Gasteiger charge is -2.35. The molecule has 1 aliphatic heterocycles. The Morgan fingerprint density at radius 3 is 2.29 bits per heavy atom. The zero-order valence-electron chi connectivity index (χ0n) is 11.2. The van der Waals surface area contributed by atoms with Crippen LogP contribution >= 0.6 is 0 Å². The highest BCUT2D eigenvalue weighted by atomic mass is 16.2. The Labute approximate surface area is 105 Å². The minimum Gasteiger partial charge on any atom is -0.341 e.